The van der Waals surface area contributed by atoms with E-state index in [4.69, 9.17) is 0 Å². The third kappa shape index (κ3) is 3.46. The van der Waals surface area contributed by atoms with Crippen molar-refractivity contribution >= 4 is 17.7 Å². The predicted octanol–water partition coefficient (Wildman–Crippen LogP) is 3.22. The van der Waals surface area contributed by atoms with E-state index in [2.05, 4.69) is 41.3 Å². The topological polar surface area (TPSA) is 60.9 Å². The molecule has 2 fully saturated rings. The molecule has 3 aromatic carbocycles. The number of carbonyl (C=O) groups is 3. The minimum absolute atomic E-state index is 0.137. The fourth-order valence-corrected chi connectivity index (χ4v) is 7.13. The highest BCUT2D eigenvalue weighted by molar-refractivity contribution is 6.09. The SMILES string of the molecule is O=C(CN1C(=O)[C@@H]2C3c4ccccc4C(c4ccccc43)[C@@H]2C1=O)N1CCN(Cc2ccccc2)CC1. The van der Waals surface area contributed by atoms with Crippen molar-refractivity contribution in [1.29, 1.82) is 0 Å². The van der Waals surface area contributed by atoms with Gasteiger partial charge in [0.05, 0.1) is 11.8 Å². The van der Waals surface area contributed by atoms with Crippen LogP contribution in [0.5, 0.6) is 0 Å². The first-order valence-corrected chi connectivity index (χ1v) is 13.2. The van der Waals surface area contributed by atoms with E-state index >= 15 is 0 Å². The monoisotopic (exact) mass is 491 g/mol. The summed E-state index contributed by atoms with van der Waals surface area (Å²) in [6, 6.07) is 26.8. The van der Waals surface area contributed by atoms with Crippen LogP contribution in [0.15, 0.2) is 78.9 Å². The predicted molar refractivity (Wildman–Crippen MR) is 139 cm³/mol. The van der Waals surface area contributed by atoms with Crippen LogP contribution in [0.1, 0.15) is 39.7 Å². The summed E-state index contributed by atoms with van der Waals surface area (Å²) in [6.45, 7) is 3.48. The standard InChI is InChI=1S/C31H29N3O3/c35-25(33-16-14-32(15-17-33)18-20-8-2-1-3-9-20)19-34-30(36)28-26-21-10-4-5-11-22(21)27(29(28)31(34)37)24-13-7-6-12-23(24)26/h1-13,26-29H,14-19H2/t26?,27?,28-,29+. The van der Waals surface area contributed by atoms with Gasteiger partial charge >= 0.3 is 0 Å². The molecule has 186 valence electrons. The highest BCUT2D eigenvalue weighted by Crippen LogP contribution is 2.60. The number of piperazine rings is 1. The molecule has 2 bridgehead atoms. The molecular formula is C31H29N3O3. The molecule has 8 rings (SSSR count). The van der Waals surface area contributed by atoms with Gasteiger partial charge in [-0.25, -0.2) is 0 Å². The molecule has 0 saturated carbocycles. The molecule has 5 aliphatic rings. The van der Waals surface area contributed by atoms with Crippen LogP contribution >= 0.6 is 0 Å². The van der Waals surface area contributed by atoms with Gasteiger partial charge in [-0.1, -0.05) is 78.9 Å². The number of benzene rings is 3. The summed E-state index contributed by atoms with van der Waals surface area (Å²) in [5, 5.41) is 0. The van der Waals surface area contributed by atoms with Crippen molar-refractivity contribution in [2.24, 2.45) is 11.8 Å². The minimum atomic E-state index is -0.433. The Kier molecular flexibility index (Phi) is 5.25. The van der Waals surface area contributed by atoms with E-state index in [1.807, 2.05) is 47.4 Å². The van der Waals surface area contributed by atoms with Crippen LogP contribution in [0.2, 0.25) is 0 Å². The number of nitrogens with zero attached hydrogens (tertiary/aromatic N) is 3. The van der Waals surface area contributed by atoms with Gasteiger partial charge in [-0.3, -0.25) is 24.2 Å². The molecule has 2 saturated heterocycles. The largest absolute Gasteiger partial charge is 0.339 e. The van der Waals surface area contributed by atoms with Crippen LogP contribution in [0.3, 0.4) is 0 Å². The van der Waals surface area contributed by atoms with Gasteiger partial charge in [-0.05, 0) is 27.8 Å². The first kappa shape index (κ1) is 22.4. The summed E-state index contributed by atoms with van der Waals surface area (Å²) in [5.41, 5.74) is 5.86. The average molecular weight is 492 g/mol. The Morgan fingerprint density at radius 2 is 1.11 bits per heavy atom. The fourth-order valence-electron chi connectivity index (χ4n) is 7.13. The number of hydrogen-bond donors (Lipinski definition) is 0. The van der Waals surface area contributed by atoms with Crippen LogP contribution in [0, 0.1) is 11.8 Å². The zero-order valence-corrected chi connectivity index (χ0v) is 20.6. The fraction of sp³-hybridized carbons (Fsp3) is 0.323. The molecule has 3 aliphatic carbocycles. The van der Waals surface area contributed by atoms with Crippen molar-refractivity contribution in [1.82, 2.24) is 14.7 Å². The van der Waals surface area contributed by atoms with E-state index in [0.29, 0.717) is 13.1 Å². The molecule has 2 aliphatic heterocycles. The highest BCUT2D eigenvalue weighted by Gasteiger charge is 2.61. The van der Waals surface area contributed by atoms with E-state index < -0.39 is 11.8 Å². The maximum absolute atomic E-state index is 13.8. The average Bonchev–Trinajstić information content (AvgIpc) is 3.19. The van der Waals surface area contributed by atoms with Gasteiger partial charge in [-0.2, -0.15) is 0 Å². The molecule has 3 aromatic rings. The van der Waals surface area contributed by atoms with E-state index in [1.54, 1.807) is 0 Å². The molecule has 6 nitrogen and oxygen atoms in total. The van der Waals surface area contributed by atoms with Crippen LogP contribution in [-0.2, 0) is 20.9 Å². The smallest absolute Gasteiger partial charge is 0.242 e. The summed E-state index contributed by atoms with van der Waals surface area (Å²) in [7, 11) is 0. The number of hydrogen-bond acceptors (Lipinski definition) is 4. The second-order valence-electron chi connectivity index (χ2n) is 10.7. The van der Waals surface area contributed by atoms with Crippen LogP contribution in [-0.4, -0.2) is 65.1 Å². The van der Waals surface area contributed by atoms with Crippen molar-refractivity contribution in [3.8, 4) is 0 Å². The van der Waals surface area contributed by atoms with Gasteiger partial charge < -0.3 is 4.90 Å². The number of imide groups is 1. The van der Waals surface area contributed by atoms with Gasteiger partial charge in [0.1, 0.15) is 6.54 Å². The third-order valence-corrected chi connectivity index (χ3v) is 8.81. The number of likely N-dealkylation sites (tertiary alicyclic amines) is 1. The molecule has 0 aromatic heterocycles. The summed E-state index contributed by atoms with van der Waals surface area (Å²) in [6.07, 6.45) is 0. The van der Waals surface area contributed by atoms with E-state index in [1.165, 1.54) is 10.5 Å². The molecule has 0 radical (unpaired) electrons. The molecule has 6 heteroatoms. The Morgan fingerprint density at radius 3 is 1.59 bits per heavy atom. The lowest BCUT2D eigenvalue weighted by Gasteiger charge is -2.45. The van der Waals surface area contributed by atoms with Gasteiger partial charge in [0, 0.05) is 44.6 Å². The highest BCUT2D eigenvalue weighted by atomic mass is 16.2. The van der Waals surface area contributed by atoms with Crippen LogP contribution in [0.25, 0.3) is 0 Å². The molecule has 3 amide bonds. The van der Waals surface area contributed by atoms with E-state index in [-0.39, 0.29) is 36.1 Å². The van der Waals surface area contributed by atoms with Crippen molar-refractivity contribution in [2.45, 2.75) is 18.4 Å². The Labute approximate surface area is 216 Å². The molecule has 37 heavy (non-hydrogen) atoms. The van der Waals surface area contributed by atoms with Crippen molar-refractivity contribution in [2.75, 3.05) is 32.7 Å². The lowest BCUT2D eigenvalue weighted by Crippen LogP contribution is -2.51. The van der Waals surface area contributed by atoms with Crippen LogP contribution in [0.4, 0.5) is 0 Å². The summed E-state index contributed by atoms with van der Waals surface area (Å²) >= 11 is 0. The maximum atomic E-state index is 13.8. The van der Waals surface area contributed by atoms with Gasteiger partial charge in [0.15, 0.2) is 0 Å². The molecule has 0 unspecified atom stereocenters. The molecular weight excluding hydrogens is 462 g/mol. The lowest BCUT2D eigenvalue weighted by atomic mass is 9.55. The lowest BCUT2D eigenvalue weighted by molar-refractivity contribution is -0.147. The number of carbonyl (C=O) groups excluding carboxylic acids is 3. The van der Waals surface area contributed by atoms with Crippen LogP contribution < -0.4 is 0 Å². The molecule has 2 atom stereocenters. The van der Waals surface area contributed by atoms with E-state index in [0.717, 1.165) is 41.9 Å². The second kappa shape index (κ2) is 8.67. The number of amides is 3. The Morgan fingerprint density at radius 1 is 0.649 bits per heavy atom. The van der Waals surface area contributed by atoms with Gasteiger partial charge in [0.25, 0.3) is 0 Å². The third-order valence-electron chi connectivity index (χ3n) is 8.81. The van der Waals surface area contributed by atoms with Gasteiger partial charge in [0.2, 0.25) is 17.7 Å². The summed E-state index contributed by atoms with van der Waals surface area (Å²) in [4.78, 5) is 46.2. The van der Waals surface area contributed by atoms with Gasteiger partial charge in [-0.15, -0.1) is 0 Å². The summed E-state index contributed by atoms with van der Waals surface area (Å²) in [5.74, 6) is -1.66. The Balaban J connectivity index is 1.09. The second-order valence-corrected chi connectivity index (χ2v) is 10.7. The maximum Gasteiger partial charge on any atom is 0.242 e. The zero-order valence-electron chi connectivity index (χ0n) is 20.6. The number of rotatable bonds is 4. The zero-order chi connectivity index (χ0) is 25.1. The minimum Gasteiger partial charge on any atom is -0.339 e. The quantitative estimate of drug-likeness (QED) is 0.526. The molecule has 0 spiro atoms. The summed E-state index contributed by atoms with van der Waals surface area (Å²) < 4.78 is 0. The van der Waals surface area contributed by atoms with Crippen molar-refractivity contribution < 1.29 is 14.4 Å². The normalized spacial score (nSPS) is 26.2. The Bertz CT molecular complexity index is 1280. The first-order valence-electron chi connectivity index (χ1n) is 13.2. The molecule has 2 heterocycles. The van der Waals surface area contributed by atoms with Crippen molar-refractivity contribution in [3.63, 3.8) is 0 Å². The Hall–Kier alpha value is -3.77. The van der Waals surface area contributed by atoms with Crippen molar-refractivity contribution in [3.05, 3.63) is 107 Å². The van der Waals surface area contributed by atoms with E-state index in [9.17, 15) is 14.4 Å². The molecule has 0 N–H and O–H groups in total. The first-order chi connectivity index (χ1) is 18.1.